The zero-order valence-corrected chi connectivity index (χ0v) is 11.6. The lowest BCUT2D eigenvalue weighted by atomic mass is 10.4. The van der Waals surface area contributed by atoms with Crippen molar-refractivity contribution in [2.45, 2.75) is 4.90 Å². The van der Waals surface area contributed by atoms with Gasteiger partial charge in [0.2, 0.25) is 10.0 Å². The summed E-state index contributed by atoms with van der Waals surface area (Å²) in [5.74, 6) is 0. The van der Waals surface area contributed by atoms with Gasteiger partial charge in [-0.3, -0.25) is 0 Å². The second-order valence-electron chi connectivity index (χ2n) is 2.64. The maximum Gasteiger partial charge on any atom is 0.240 e. The summed E-state index contributed by atoms with van der Waals surface area (Å²) in [5, 5.41) is 0. The van der Waals surface area contributed by atoms with Crippen LogP contribution in [0.3, 0.4) is 0 Å². The lowest BCUT2D eigenvalue weighted by molar-refractivity contribution is 0.582. The van der Waals surface area contributed by atoms with Crippen molar-refractivity contribution < 1.29 is 8.42 Å². The Morgan fingerprint density at radius 3 is 2.60 bits per heavy atom. The third-order valence-electron chi connectivity index (χ3n) is 1.54. The van der Waals surface area contributed by atoms with Gasteiger partial charge in [0, 0.05) is 16.7 Å². The molecule has 0 saturated carbocycles. The van der Waals surface area contributed by atoms with Gasteiger partial charge in [-0.1, -0.05) is 6.07 Å². The van der Waals surface area contributed by atoms with Crippen LogP contribution < -0.4 is 10.5 Å². The zero-order valence-electron chi connectivity index (χ0n) is 7.81. The Hall–Kier alpha value is 0.110. The fourth-order valence-electron chi connectivity index (χ4n) is 0.911. The van der Waals surface area contributed by atoms with E-state index in [1.54, 1.807) is 18.2 Å². The molecule has 0 heterocycles. The van der Waals surface area contributed by atoms with E-state index in [-0.39, 0.29) is 23.8 Å². The van der Waals surface area contributed by atoms with Crippen LogP contribution in [0.2, 0.25) is 0 Å². The summed E-state index contributed by atoms with van der Waals surface area (Å²) in [7, 11) is -3.38. The molecule has 0 atom stereocenters. The van der Waals surface area contributed by atoms with Crippen LogP contribution in [0.4, 0.5) is 0 Å². The maximum atomic E-state index is 11.6. The van der Waals surface area contributed by atoms with Gasteiger partial charge in [0.05, 0.1) is 4.90 Å². The summed E-state index contributed by atoms with van der Waals surface area (Å²) in [4.78, 5) is 0.276. The standard InChI is InChI=1S/C8H11IN2O2S.ClH/c9-7-2-1-3-8(6-7)14(12,13)11-5-4-10;/h1-3,6,11H,4-5,10H2;1H. The van der Waals surface area contributed by atoms with E-state index in [0.717, 1.165) is 3.57 Å². The average Bonchev–Trinajstić information content (AvgIpc) is 2.15. The van der Waals surface area contributed by atoms with Gasteiger partial charge in [0.1, 0.15) is 0 Å². The third kappa shape index (κ3) is 4.64. The molecule has 0 aliphatic rings. The molecule has 1 aromatic rings. The maximum absolute atomic E-state index is 11.6. The summed E-state index contributed by atoms with van der Waals surface area (Å²) in [6, 6.07) is 6.71. The molecule has 0 saturated heterocycles. The summed E-state index contributed by atoms with van der Waals surface area (Å²) in [6.07, 6.45) is 0. The minimum absolute atomic E-state index is 0. The molecule has 0 aliphatic heterocycles. The molecule has 3 N–H and O–H groups in total. The van der Waals surface area contributed by atoms with Crippen molar-refractivity contribution >= 4 is 45.0 Å². The Morgan fingerprint density at radius 2 is 2.07 bits per heavy atom. The number of rotatable bonds is 4. The molecule has 1 rings (SSSR count). The van der Waals surface area contributed by atoms with Gasteiger partial charge in [-0.15, -0.1) is 12.4 Å². The number of benzene rings is 1. The number of halogens is 2. The van der Waals surface area contributed by atoms with Gasteiger partial charge in [0.25, 0.3) is 0 Å². The predicted molar refractivity (Wildman–Crippen MR) is 70.6 cm³/mol. The Morgan fingerprint density at radius 1 is 1.40 bits per heavy atom. The molecule has 0 fully saturated rings. The molecule has 0 radical (unpaired) electrons. The number of hydrogen-bond donors (Lipinski definition) is 2. The van der Waals surface area contributed by atoms with Crippen molar-refractivity contribution in [3.63, 3.8) is 0 Å². The van der Waals surface area contributed by atoms with Gasteiger partial charge in [-0.2, -0.15) is 0 Å². The van der Waals surface area contributed by atoms with Crippen LogP contribution in [-0.4, -0.2) is 21.5 Å². The van der Waals surface area contributed by atoms with E-state index in [2.05, 4.69) is 27.3 Å². The van der Waals surface area contributed by atoms with E-state index in [9.17, 15) is 8.42 Å². The first-order valence-corrected chi connectivity index (χ1v) is 6.58. The molecule has 0 unspecified atom stereocenters. The molecule has 0 aromatic heterocycles. The first-order valence-electron chi connectivity index (χ1n) is 4.01. The number of hydrogen-bond acceptors (Lipinski definition) is 3. The Labute approximate surface area is 109 Å². The van der Waals surface area contributed by atoms with Crippen LogP contribution in [0.1, 0.15) is 0 Å². The van der Waals surface area contributed by atoms with Crippen LogP contribution in [0.5, 0.6) is 0 Å². The lowest BCUT2D eigenvalue weighted by Gasteiger charge is -2.05. The first-order chi connectivity index (χ1) is 6.56. The number of nitrogens with two attached hydrogens (primary N) is 1. The van der Waals surface area contributed by atoms with E-state index < -0.39 is 10.0 Å². The third-order valence-corrected chi connectivity index (χ3v) is 3.67. The average molecular weight is 363 g/mol. The van der Waals surface area contributed by atoms with Gasteiger partial charge in [0.15, 0.2) is 0 Å². The van der Waals surface area contributed by atoms with Crippen molar-refractivity contribution in [1.82, 2.24) is 4.72 Å². The minimum atomic E-state index is -3.38. The van der Waals surface area contributed by atoms with E-state index >= 15 is 0 Å². The monoisotopic (exact) mass is 362 g/mol. The second-order valence-corrected chi connectivity index (χ2v) is 5.66. The fraction of sp³-hybridized carbons (Fsp3) is 0.250. The summed E-state index contributed by atoms with van der Waals surface area (Å²) >= 11 is 2.07. The van der Waals surface area contributed by atoms with Gasteiger partial charge >= 0.3 is 0 Å². The normalized spacial score (nSPS) is 10.8. The molecule has 0 bridgehead atoms. The topological polar surface area (TPSA) is 72.2 Å². The molecule has 86 valence electrons. The predicted octanol–water partition coefficient (Wildman–Crippen LogP) is 0.950. The zero-order chi connectivity index (χ0) is 10.6. The van der Waals surface area contributed by atoms with E-state index in [1.165, 1.54) is 0 Å². The van der Waals surface area contributed by atoms with Crippen LogP contribution in [0.15, 0.2) is 29.2 Å². The van der Waals surface area contributed by atoms with E-state index in [4.69, 9.17) is 5.73 Å². The van der Waals surface area contributed by atoms with Gasteiger partial charge in [-0.05, 0) is 40.8 Å². The number of nitrogens with one attached hydrogen (secondary N) is 1. The fourth-order valence-corrected chi connectivity index (χ4v) is 2.76. The van der Waals surface area contributed by atoms with Crippen LogP contribution >= 0.6 is 35.0 Å². The Bertz CT molecular complexity index is 411. The van der Waals surface area contributed by atoms with Crippen molar-refractivity contribution in [3.05, 3.63) is 27.8 Å². The highest BCUT2D eigenvalue weighted by molar-refractivity contribution is 14.1. The van der Waals surface area contributed by atoms with Crippen LogP contribution in [0.25, 0.3) is 0 Å². The van der Waals surface area contributed by atoms with Crippen molar-refractivity contribution in [2.75, 3.05) is 13.1 Å². The van der Waals surface area contributed by atoms with E-state index in [1.807, 2.05) is 6.07 Å². The van der Waals surface area contributed by atoms with E-state index in [0.29, 0.717) is 6.54 Å². The van der Waals surface area contributed by atoms with Gasteiger partial charge < -0.3 is 5.73 Å². The van der Waals surface area contributed by atoms with Crippen molar-refractivity contribution in [1.29, 1.82) is 0 Å². The number of sulfonamides is 1. The minimum Gasteiger partial charge on any atom is -0.329 e. The second kappa shape index (κ2) is 6.64. The van der Waals surface area contributed by atoms with Crippen molar-refractivity contribution in [2.24, 2.45) is 5.73 Å². The Kier molecular flexibility index (Phi) is 6.69. The van der Waals surface area contributed by atoms with Crippen LogP contribution in [-0.2, 0) is 10.0 Å². The summed E-state index contributed by atoms with van der Waals surface area (Å²) < 4.78 is 26.4. The lowest BCUT2D eigenvalue weighted by Crippen LogP contribution is -2.29. The Balaban J connectivity index is 0.00000196. The largest absolute Gasteiger partial charge is 0.329 e. The van der Waals surface area contributed by atoms with Crippen LogP contribution in [0, 0.1) is 3.57 Å². The highest BCUT2D eigenvalue weighted by Gasteiger charge is 2.12. The summed E-state index contributed by atoms with van der Waals surface area (Å²) in [6.45, 7) is 0.553. The summed E-state index contributed by atoms with van der Waals surface area (Å²) in [5.41, 5.74) is 5.22. The van der Waals surface area contributed by atoms with Gasteiger partial charge in [-0.25, -0.2) is 13.1 Å². The highest BCUT2D eigenvalue weighted by Crippen LogP contribution is 2.12. The molecular weight excluding hydrogens is 351 g/mol. The first kappa shape index (κ1) is 15.1. The molecule has 0 spiro atoms. The molecule has 4 nitrogen and oxygen atoms in total. The molecular formula is C8H12ClIN2O2S. The highest BCUT2D eigenvalue weighted by atomic mass is 127. The molecule has 7 heteroatoms. The smallest absolute Gasteiger partial charge is 0.240 e. The van der Waals surface area contributed by atoms with Crippen molar-refractivity contribution in [3.8, 4) is 0 Å². The molecule has 15 heavy (non-hydrogen) atoms. The molecule has 1 aromatic carbocycles. The SMILES string of the molecule is Cl.NCCNS(=O)(=O)c1cccc(I)c1. The molecule has 0 aliphatic carbocycles. The molecule has 0 amide bonds. The quantitative estimate of drug-likeness (QED) is 0.783.